The predicted molar refractivity (Wildman–Crippen MR) is 83.1 cm³/mol. The van der Waals surface area contributed by atoms with E-state index in [1.54, 1.807) is 31.2 Å². The van der Waals surface area contributed by atoms with E-state index in [1.165, 1.54) is 0 Å². The number of hydrogen-bond acceptors (Lipinski definition) is 3. The van der Waals surface area contributed by atoms with Gasteiger partial charge < -0.3 is 4.74 Å². The van der Waals surface area contributed by atoms with Gasteiger partial charge in [-0.15, -0.1) is 0 Å². The van der Waals surface area contributed by atoms with Gasteiger partial charge in [-0.3, -0.25) is 20.4 Å². The van der Waals surface area contributed by atoms with Gasteiger partial charge in [0.2, 0.25) is 5.91 Å². The lowest BCUT2D eigenvalue weighted by Crippen LogP contribution is -2.41. The summed E-state index contributed by atoms with van der Waals surface area (Å²) >= 11 is 0. The van der Waals surface area contributed by atoms with Crippen LogP contribution >= 0.6 is 0 Å². The highest BCUT2D eigenvalue weighted by molar-refractivity contribution is 5.95. The van der Waals surface area contributed by atoms with E-state index in [4.69, 9.17) is 4.74 Å². The molecule has 2 aromatic carbocycles. The minimum absolute atomic E-state index is 0.240. The molecule has 0 radical (unpaired) electrons. The maximum atomic E-state index is 11.8. The Bertz CT molecular complexity index is 624. The Kier molecular flexibility index (Phi) is 5.54. The van der Waals surface area contributed by atoms with E-state index in [9.17, 15) is 9.59 Å². The van der Waals surface area contributed by atoms with Crippen LogP contribution in [-0.2, 0) is 11.4 Å². The summed E-state index contributed by atoms with van der Waals surface area (Å²) in [5.41, 5.74) is 6.19. The van der Waals surface area contributed by atoms with Crippen LogP contribution in [0.25, 0.3) is 0 Å². The largest absolute Gasteiger partial charge is 0.489 e. The molecule has 0 bridgehead atoms. The van der Waals surface area contributed by atoms with E-state index in [2.05, 4.69) is 10.9 Å². The van der Waals surface area contributed by atoms with E-state index in [-0.39, 0.29) is 11.8 Å². The Hall–Kier alpha value is -2.82. The molecule has 0 atom stereocenters. The average Bonchev–Trinajstić information content (AvgIpc) is 2.59. The van der Waals surface area contributed by atoms with Crippen LogP contribution in [0.5, 0.6) is 5.75 Å². The summed E-state index contributed by atoms with van der Waals surface area (Å²) in [6, 6.07) is 16.6. The summed E-state index contributed by atoms with van der Waals surface area (Å²) in [6.07, 6.45) is 0.312. The molecule has 22 heavy (non-hydrogen) atoms. The Morgan fingerprint density at radius 3 is 2.27 bits per heavy atom. The lowest BCUT2D eigenvalue weighted by atomic mass is 10.2. The van der Waals surface area contributed by atoms with E-state index in [0.29, 0.717) is 24.3 Å². The van der Waals surface area contributed by atoms with Gasteiger partial charge in [0, 0.05) is 12.0 Å². The minimum Gasteiger partial charge on any atom is -0.489 e. The van der Waals surface area contributed by atoms with Crippen LogP contribution in [0.4, 0.5) is 0 Å². The number of benzene rings is 2. The molecule has 0 aromatic heterocycles. The monoisotopic (exact) mass is 298 g/mol. The molecule has 0 heterocycles. The fourth-order valence-corrected chi connectivity index (χ4v) is 1.73. The third-order valence-electron chi connectivity index (χ3n) is 3.00. The van der Waals surface area contributed by atoms with Gasteiger partial charge in [0.25, 0.3) is 5.91 Å². The molecular weight excluding hydrogens is 280 g/mol. The Morgan fingerprint density at radius 2 is 1.64 bits per heavy atom. The first-order valence-corrected chi connectivity index (χ1v) is 7.05. The second kappa shape index (κ2) is 7.83. The van der Waals surface area contributed by atoms with E-state index >= 15 is 0 Å². The van der Waals surface area contributed by atoms with Gasteiger partial charge in [-0.05, 0) is 29.8 Å². The number of ether oxygens (including phenoxy) is 1. The number of amides is 2. The molecule has 0 saturated heterocycles. The molecule has 0 unspecified atom stereocenters. The number of hydrogen-bond donors (Lipinski definition) is 2. The van der Waals surface area contributed by atoms with Gasteiger partial charge in [-0.1, -0.05) is 37.3 Å². The quantitative estimate of drug-likeness (QED) is 0.833. The molecule has 0 aliphatic carbocycles. The number of nitrogens with one attached hydrogen (secondary N) is 2. The second-order valence-electron chi connectivity index (χ2n) is 4.65. The number of rotatable bonds is 5. The fourth-order valence-electron chi connectivity index (χ4n) is 1.73. The summed E-state index contributed by atoms with van der Waals surface area (Å²) in [6.45, 7) is 2.18. The van der Waals surface area contributed by atoms with Gasteiger partial charge in [0.1, 0.15) is 12.4 Å². The molecule has 0 fully saturated rings. The van der Waals surface area contributed by atoms with Crippen LogP contribution in [0.2, 0.25) is 0 Å². The average molecular weight is 298 g/mol. The Morgan fingerprint density at radius 1 is 0.955 bits per heavy atom. The second-order valence-corrected chi connectivity index (χ2v) is 4.65. The number of carbonyl (C=O) groups excluding carboxylic acids is 2. The van der Waals surface area contributed by atoms with Gasteiger partial charge in [-0.2, -0.15) is 0 Å². The summed E-state index contributed by atoms with van der Waals surface area (Å²) in [7, 11) is 0. The summed E-state index contributed by atoms with van der Waals surface area (Å²) < 4.78 is 5.64. The molecule has 2 rings (SSSR count). The van der Waals surface area contributed by atoms with Crippen molar-refractivity contribution in [2.75, 3.05) is 0 Å². The lowest BCUT2D eigenvalue weighted by molar-refractivity contribution is -0.121. The van der Waals surface area contributed by atoms with Crippen molar-refractivity contribution in [2.24, 2.45) is 0 Å². The molecule has 0 spiro atoms. The van der Waals surface area contributed by atoms with Crippen molar-refractivity contribution in [3.05, 3.63) is 65.7 Å². The maximum Gasteiger partial charge on any atom is 0.269 e. The lowest BCUT2D eigenvalue weighted by Gasteiger charge is -2.08. The standard InChI is InChI=1S/C17H18N2O3/c1-2-16(20)18-19-17(21)14-8-10-15(11-9-14)22-12-13-6-4-3-5-7-13/h3-11H,2,12H2,1H3,(H,18,20)(H,19,21). The molecule has 2 aromatic rings. The fraction of sp³-hybridized carbons (Fsp3) is 0.176. The number of hydrazine groups is 1. The molecule has 114 valence electrons. The van der Waals surface area contributed by atoms with Crippen LogP contribution in [0, 0.1) is 0 Å². The molecule has 0 aliphatic heterocycles. The highest BCUT2D eigenvalue weighted by Gasteiger charge is 2.06. The molecule has 5 heteroatoms. The van der Waals surface area contributed by atoms with E-state index in [0.717, 1.165) is 5.56 Å². The molecule has 2 amide bonds. The van der Waals surface area contributed by atoms with Crippen LogP contribution in [0.3, 0.4) is 0 Å². The topological polar surface area (TPSA) is 67.4 Å². The first-order chi connectivity index (χ1) is 10.7. The zero-order valence-electron chi connectivity index (χ0n) is 12.3. The first-order valence-electron chi connectivity index (χ1n) is 7.05. The first kappa shape index (κ1) is 15.6. The van der Waals surface area contributed by atoms with Crippen LogP contribution in [0.15, 0.2) is 54.6 Å². The van der Waals surface area contributed by atoms with Crippen LogP contribution in [0.1, 0.15) is 29.3 Å². The van der Waals surface area contributed by atoms with Crippen molar-refractivity contribution in [3.63, 3.8) is 0 Å². The molecule has 0 aliphatic rings. The van der Waals surface area contributed by atoms with Gasteiger partial charge >= 0.3 is 0 Å². The highest BCUT2D eigenvalue weighted by atomic mass is 16.5. The molecular formula is C17H18N2O3. The normalized spacial score (nSPS) is 9.86. The smallest absolute Gasteiger partial charge is 0.269 e. The molecule has 0 saturated carbocycles. The number of carbonyl (C=O) groups is 2. The zero-order valence-corrected chi connectivity index (χ0v) is 12.3. The van der Waals surface area contributed by atoms with Crippen molar-refractivity contribution in [1.29, 1.82) is 0 Å². The van der Waals surface area contributed by atoms with Gasteiger partial charge in [0.15, 0.2) is 0 Å². The minimum atomic E-state index is -0.364. The summed E-state index contributed by atoms with van der Waals surface area (Å²) in [4.78, 5) is 22.9. The Labute approximate surface area is 129 Å². The third-order valence-corrected chi connectivity index (χ3v) is 3.00. The van der Waals surface area contributed by atoms with Crippen molar-refractivity contribution in [2.45, 2.75) is 20.0 Å². The molecule has 2 N–H and O–H groups in total. The van der Waals surface area contributed by atoms with Crippen LogP contribution in [-0.4, -0.2) is 11.8 Å². The molecule has 5 nitrogen and oxygen atoms in total. The Balaban J connectivity index is 1.87. The van der Waals surface area contributed by atoms with E-state index in [1.807, 2.05) is 30.3 Å². The van der Waals surface area contributed by atoms with Gasteiger partial charge in [-0.25, -0.2) is 0 Å². The zero-order chi connectivity index (χ0) is 15.8. The summed E-state index contributed by atoms with van der Waals surface area (Å²) in [5, 5.41) is 0. The van der Waals surface area contributed by atoms with Crippen molar-refractivity contribution in [1.82, 2.24) is 10.9 Å². The third kappa shape index (κ3) is 4.63. The van der Waals surface area contributed by atoms with Crippen LogP contribution < -0.4 is 15.6 Å². The van der Waals surface area contributed by atoms with Crippen molar-refractivity contribution in [3.8, 4) is 5.75 Å². The van der Waals surface area contributed by atoms with E-state index < -0.39 is 0 Å². The van der Waals surface area contributed by atoms with Crippen molar-refractivity contribution >= 4 is 11.8 Å². The predicted octanol–water partition coefficient (Wildman–Crippen LogP) is 2.44. The van der Waals surface area contributed by atoms with Gasteiger partial charge in [0.05, 0.1) is 0 Å². The maximum absolute atomic E-state index is 11.8. The van der Waals surface area contributed by atoms with Crippen molar-refractivity contribution < 1.29 is 14.3 Å². The SMILES string of the molecule is CCC(=O)NNC(=O)c1ccc(OCc2ccccc2)cc1. The summed E-state index contributed by atoms with van der Waals surface area (Å²) in [5.74, 6) is 0.0746. The highest BCUT2D eigenvalue weighted by Crippen LogP contribution is 2.14.